The number of carbonyl (C=O) groups excluding carboxylic acids is 1. The van der Waals surface area contributed by atoms with Gasteiger partial charge in [-0.1, -0.05) is 38.1 Å². The first-order chi connectivity index (χ1) is 16.7. The van der Waals surface area contributed by atoms with Gasteiger partial charge in [-0.3, -0.25) is 9.69 Å². The Bertz CT molecular complexity index is 1180. The number of aromatic nitrogens is 1. The molecule has 0 saturated heterocycles. The minimum atomic E-state index is -4.48. The molecule has 4 rings (SSSR count). The predicted molar refractivity (Wildman–Crippen MR) is 121 cm³/mol. The van der Waals surface area contributed by atoms with Gasteiger partial charge >= 0.3 is 6.18 Å². The number of benzene rings is 2. The maximum atomic E-state index is 13.6. The zero-order valence-corrected chi connectivity index (χ0v) is 19.4. The molecule has 0 saturated carbocycles. The van der Waals surface area contributed by atoms with Gasteiger partial charge in [0.1, 0.15) is 6.26 Å². The molecule has 0 unspecified atom stereocenters. The zero-order chi connectivity index (χ0) is 25.0. The van der Waals surface area contributed by atoms with Gasteiger partial charge in [0.25, 0.3) is 5.91 Å². The second-order valence-electron chi connectivity index (χ2n) is 8.72. The molecule has 7 nitrogen and oxygen atoms in total. The molecule has 0 radical (unpaired) electrons. The van der Waals surface area contributed by atoms with E-state index < -0.39 is 11.7 Å². The van der Waals surface area contributed by atoms with Crippen molar-refractivity contribution >= 4 is 5.91 Å². The number of hydrogen-bond donors (Lipinski definition) is 1. The summed E-state index contributed by atoms with van der Waals surface area (Å²) >= 11 is 0. The van der Waals surface area contributed by atoms with Crippen LogP contribution in [0.2, 0.25) is 0 Å². The number of nitrogens with zero attached hydrogens (tertiary/aromatic N) is 2. The van der Waals surface area contributed by atoms with E-state index in [0.29, 0.717) is 24.6 Å². The maximum absolute atomic E-state index is 13.6. The highest BCUT2D eigenvalue weighted by Gasteiger charge is 2.33. The highest BCUT2D eigenvalue weighted by atomic mass is 19.4. The molecule has 0 spiro atoms. The molecule has 1 amide bonds. The summed E-state index contributed by atoms with van der Waals surface area (Å²) in [6, 6.07) is 10.9. The van der Waals surface area contributed by atoms with Crippen molar-refractivity contribution in [3.63, 3.8) is 0 Å². The van der Waals surface area contributed by atoms with Crippen LogP contribution in [0.15, 0.2) is 53.1 Å². The molecule has 10 heteroatoms. The first-order valence-electron chi connectivity index (χ1n) is 11.2. The topological polar surface area (TPSA) is 76.8 Å². The standard InChI is InChI=1S/C25H26F3N3O4/c1-16(2)10-29-24(32)20-14-33-23(30-20)13-31(11-17-7-8-21-22(9-17)35-15-34-21)12-18-5-3-4-6-19(18)25(26,27)28/h3-9,14,16H,10-13,15H2,1-2H3,(H,29,32). The van der Waals surface area contributed by atoms with Crippen molar-refractivity contribution < 1.29 is 31.9 Å². The highest BCUT2D eigenvalue weighted by Crippen LogP contribution is 2.34. The van der Waals surface area contributed by atoms with Crippen molar-refractivity contribution in [1.29, 1.82) is 0 Å². The van der Waals surface area contributed by atoms with Crippen molar-refractivity contribution in [2.75, 3.05) is 13.3 Å². The Balaban J connectivity index is 1.56. The largest absolute Gasteiger partial charge is 0.454 e. The normalized spacial score (nSPS) is 13.0. The summed E-state index contributed by atoms with van der Waals surface area (Å²) in [5, 5.41) is 2.77. The monoisotopic (exact) mass is 489 g/mol. The Kier molecular flexibility index (Phi) is 7.30. The molecule has 2 aromatic carbocycles. The third kappa shape index (κ3) is 6.33. The van der Waals surface area contributed by atoms with Gasteiger partial charge < -0.3 is 19.2 Å². The van der Waals surface area contributed by atoms with Crippen molar-refractivity contribution in [2.24, 2.45) is 5.92 Å². The summed E-state index contributed by atoms with van der Waals surface area (Å²) in [7, 11) is 0. The van der Waals surface area contributed by atoms with Gasteiger partial charge in [0.2, 0.25) is 12.7 Å². The van der Waals surface area contributed by atoms with E-state index in [1.165, 1.54) is 18.4 Å². The number of fused-ring (bicyclic) bond motifs is 1. The Hall–Kier alpha value is -3.53. The molecule has 0 atom stereocenters. The summed E-state index contributed by atoms with van der Waals surface area (Å²) in [5.41, 5.74) is 0.374. The second-order valence-corrected chi connectivity index (χ2v) is 8.72. The van der Waals surface area contributed by atoms with E-state index in [4.69, 9.17) is 13.9 Å². The van der Waals surface area contributed by atoms with Crippen molar-refractivity contribution in [3.8, 4) is 11.5 Å². The van der Waals surface area contributed by atoms with E-state index in [9.17, 15) is 18.0 Å². The van der Waals surface area contributed by atoms with Gasteiger partial charge in [-0.2, -0.15) is 13.2 Å². The van der Waals surface area contributed by atoms with Gasteiger partial charge in [-0.15, -0.1) is 0 Å². The van der Waals surface area contributed by atoms with E-state index in [2.05, 4.69) is 10.3 Å². The lowest BCUT2D eigenvalue weighted by Crippen LogP contribution is -2.28. The lowest BCUT2D eigenvalue weighted by molar-refractivity contribution is -0.138. The van der Waals surface area contributed by atoms with Gasteiger partial charge in [0.15, 0.2) is 17.2 Å². The molecule has 1 aromatic heterocycles. The van der Waals surface area contributed by atoms with E-state index >= 15 is 0 Å². The summed E-state index contributed by atoms with van der Waals surface area (Å²) in [4.78, 5) is 18.3. The molecule has 1 N–H and O–H groups in total. The van der Waals surface area contributed by atoms with Gasteiger partial charge in [0, 0.05) is 19.6 Å². The quantitative estimate of drug-likeness (QED) is 0.455. The molecular weight excluding hydrogens is 463 g/mol. The maximum Gasteiger partial charge on any atom is 0.416 e. The fraction of sp³-hybridized carbons (Fsp3) is 0.360. The van der Waals surface area contributed by atoms with Crippen LogP contribution in [0.1, 0.15) is 46.9 Å². The van der Waals surface area contributed by atoms with E-state index in [-0.39, 0.29) is 48.9 Å². The Labute approximate surface area is 200 Å². The molecule has 1 aliphatic rings. The number of amides is 1. The van der Waals surface area contributed by atoms with E-state index in [1.54, 1.807) is 23.1 Å². The number of nitrogens with one attached hydrogen (secondary N) is 1. The zero-order valence-electron chi connectivity index (χ0n) is 19.4. The van der Waals surface area contributed by atoms with Crippen LogP contribution >= 0.6 is 0 Å². The van der Waals surface area contributed by atoms with Gasteiger partial charge in [-0.25, -0.2) is 4.98 Å². The molecule has 1 aliphatic heterocycles. The summed E-state index contributed by atoms with van der Waals surface area (Å²) in [5.74, 6) is 1.34. The summed E-state index contributed by atoms with van der Waals surface area (Å²) in [6.45, 7) is 4.94. The number of rotatable bonds is 9. The molecule has 0 bridgehead atoms. The first-order valence-corrected chi connectivity index (χ1v) is 11.2. The number of hydrogen-bond acceptors (Lipinski definition) is 6. The Morgan fingerprint density at radius 3 is 2.63 bits per heavy atom. The SMILES string of the molecule is CC(C)CNC(=O)c1coc(CN(Cc2ccc3c(c2)OCO3)Cc2ccccc2C(F)(F)F)n1. The van der Waals surface area contributed by atoms with Crippen molar-refractivity contribution in [2.45, 2.75) is 39.7 Å². The molecule has 3 aromatic rings. The lowest BCUT2D eigenvalue weighted by atomic mass is 10.1. The molecule has 2 heterocycles. The van der Waals surface area contributed by atoms with Crippen LogP contribution in [0.5, 0.6) is 11.5 Å². The minimum absolute atomic E-state index is 0.0125. The van der Waals surface area contributed by atoms with E-state index in [0.717, 1.165) is 11.6 Å². The third-order valence-corrected chi connectivity index (χ3v) is 5.37. The van der Waals surface area contributed by atoms with E-state index in [1.807, 2.05) is 19.9 Å². The molecule has 186 valence electrons. The highest BCUT2D eigenvalue weighted by molar-refractivity contribution is 5.91. The van der Waals surface area contributed by atoms with Crippen molar-refractivity contribution in [3.05, 3.63) is 77.0 Å². The van der Waals surface area contributed by atoms with Crippen LogP contribution in [0.3, 0.4) is 0 Å². The molecular formula is C25H26F3N3O4. The summed E-state index contributed by atoms with van der Waals surface area (Å²) < 4.78 is 57.1. The fourth-order valence-corrected chi connectivity index (χ4v) is 3.71. The number of ether oxygens (including phenoxy) is 2. The minimum Gasteiger partial charge on any atom is -0.454 e. The van der Waals surface area contributed by atoms with Gasteiger partial charge in [-0.05, 0) is 35.2 Å². The number of halogens is 3. The van der Waals surface area contributed by atoms with Crippen LogP contribution in [0.25, 0.3) is 0 Å². The van der Waals surface area contributed by atoms with Crippen LogP contribution in [0, 0.1) is 5.92 Å². The van der Waals surface area contributed by atoms with Gasteiger partial charge in [0.05, 0.1) is 12.1 Å². The molecule has 0 fully saturated rings. The average molecular weight is 489 g/mol. The first kappa shape index (κ1) is 24.6. The van der Waals surface area contributed by atoms with Crippen LogP contribution in [-0.2, 0) is 25.8 Å². The van der Waals surface area contributed by atoms with Crippen LogP contribution < -0.4 is 14.8 Å². The third-order valence-electron chi connectivity index (χ3n) is 5.37. The smallest absolute Gasteiger partial charge is 0.416 e. The second kappa shape index (κ2) is 10.4. The fourth-order valence-electron chi connectivity index (χ4n) is 3.71. The molecule has 0 aliphatic carbocycles. The van der Waals surface area contributed by atoms with Crippen LogP contribution in [0.4, 0.5) is 13.2 Å². The number of oxazole rings is 1. The predicted octanol–water partition coefficient (Wildman–Crippen LogP) is 5.01. The number of alkyl halides is 3. The molecule has 35 heavy (non-hydrogen) atoms. The summed E-state index contributed by atoms with van der Waals surface area (Å²) in [6.07, 6.45) is -3.22. The Morgan fingerprint density at radius 1 is 1.09 bits per heavy atom. The van der Waals surface area contributed by atoms with Crippen molar-refractivity contribution in [1.82, 2.24) is 15.2 Å². The van der Waals surface area contributed by atoms with Crippen LogP contribution in [-0.4, -0.2) is 29.1 Å². The number of carbonyl (C=O) groups is 1. The Morgan fingerprint density at radius 2 is 1.86 bits per heavy atom. The average Bonchev–Trinajstić information content (AvgIpc) is 3.46. The lowest BCUT2D eigenvalue weighted by Gasteiger charge is -2.23.